The lowest BCUT2D eigenvalue weighted by Crippen LogP contribution is -2.71. The lowest BCUT2D eigenvalue weighted by Gasteiger charge is -2.49. The van der Waals surface area contributed by atoms with E-state index in [1.54, 1.807) is 24.3 Å². The summed E-state index contributed by atoms with van der Waals surface area (Å²) in [6, 6.07) is 5.61. The van der Waals surface area contributed by atoms with E-state index in [-0.39, 0.29) is 6.42 Å². The Labute approximate surface area is 167 Å². The average molecular weight is 413 g/mol. The maximum Gasteiger partial charge on any atom is 0.364 e. The number of aryl methyl sites for hydroxylation is 1. The lowest BCUT2D eigenvalue weighted by atomic mass is 9.77. The summed E-state index contributed by atoms with van der Waals surface area (Å²) in [5.74, 6) is -6.73. The SMILES string of the molecule is CC(=O)N[C@@H]1[C@@H](O)C(Cc2ccc(C)cc2)[C@](O)(C(=O)O)O[C@H]1C(O)[C@H](O)CO. The summed E-state index contributed by atoms with van der Waals surface area (Å²) in [5.41, 5.74) is 1.57. The number of rotatable bonds is 7. The predicted molar refractivity (Wildman–Crippen MR) is 98.5 cm³/mol. The highest BCUT2D eigenvalue weighted by atomic mass is 16.7. The molecule has 10 nitrogen and oxygen atoms in total. The minimum Gasteiger partial charge on any atom is -0.477 e. The topological polar surface area (TPSA) is 177 Å². The number of carbonyl (C=O) groups excluding carboxylic acids is 1. The van der Waals surface area contributed by atoms with Gasteiger partial charge in [0.05, 0.1) is 24.7 Å². The van der Waals surface area contributed by atoms with E-state index in [0.29, 0.717) is 5.56 Å². The molecule has 2 unspecified atom stereocenters. The van der Waals surface area contributed by atoms with E-state index < -0.39 is 60.6 Å². The highest BCUT2D eigenvalue weighted by Gasteiger charge is 2.60. The van der Waals surface area contributed by atoms with Crippen molar-refractivity contribution >= 4 is 11.9 Å². The number of carboxylic acid groups (broad SMARTS) is 1. The van der Waals surface area contributed by atoms with E-state index in [1.165, 1.54) is 0 Å². The van der Waals surface area contributed by atoms with Crippen LogP contribution in [0.1, 0.15) is 18.1 Å². The molecule has 0 spiro atoms. The van der Waals surface area contributed by atoms with Crippen molar-refractivity contribution in [3.05, 3.63) is 35.4 Å². The molecule has 1 amide bonds. The van der Waals surface area contributed by atoms with E-state index in [4.69, 9.17) is 9.84 Å². The Morgan fingerprint density at radius 1 is 1.24 bits per heavy atom. The molecule has 1 aromatic carbocycles. The zero-order valence-electron chi connectivity index (χ0n) is 16.1. The standard InChI is InChI=1S/C19H27NO9/c1-9-3-5-11(6-4-9)7-12-15(24)14(20-10(2)22)17(16(25)13(23)8-21)29-19(12,28)18(26)27/h3-6,12-17,21,23-25,28H,7-8H2,1-2H3,(H,20,22)(H,26,27)/t12?,13-,14-,15+,16?,17-,19-/m1/s1. The summed E-state index contributed by atoms with van der Waals surface area (Å²) >= 11 is 0. The van der Waals surface area contributed by atoms with E-state index >= 15 is 0 Å². The Hall–Kier alpha value is -2.08. The van der Waals surface area contributed by atoms with Gasteiger partial charge in [0.2, 0.25) is 5.91 Å². The Morgan fingerprint density at radius 2 is 1.83 bits per heavy atom. The number of hydrogen-bond donors (Lipinski definition) is 7. The van der Waals surface area contributed by atoms with Gasteiger partial charge in [-0.2, -0.15) is 0 Å². The fourth-order valence-corrected chi connectivity index (χ4v) is 3.50. The lowest BCUT2D eigenvalue weighted by molar-refractivity contribution is -0.320. The zero-order chi connectivity index (χ0) is 21.9. The van der Waals surface area contributed by atoms with Gasteiger partial charge in [0, 0.05) is 6.92 Å². The molecule has 0 saturated carbocycles. The van der Waals surface area contributed by atoms with Crippen molar-refractivity contribution in [2.75, 3.05) is 6.61 Å². The van der Waals surface area contributed by atoms with Crippen molar-refractivity contribution in [2.24, 2.45) is 5.92 Å². The molecule has 162 valence electrons. The largest absolute Gasteiger partial charge is 0.477 e. The van der Waals surface area contributed by atoms with Gasteiger partial charge in [0.15, 0.2) is 0 Å². The summed E-state index contributed by atoms with van der Waals surface area (Å²) < 4.78 is 5.27. The van der Waals surface area contributed by atoms with Gasteiger partial charge in [0.1, 0.15) is 18.3 Å². The fourth-order valence-electron chi connectivity index (χ4n) is 3.50. The number of aliphatic carboxylic acids is 1. The summed E-state index contributed by atoms with van der Waals surface area (Å²) in [6.07, 6.45) is -7.11. The molecule has 10 heteroatoms. The first-order valence-electron chi connectivity index (χ1n) is 9.12. The summed E-state index contributed by atoms with van der Waals surface area (Å²) in [4.78, 5) is 23.5. The number of benzene rings is 1. The highest BCUT2D eigenvalue weighted by Crippen LogP contribution is 2.37. The molecule has 0 aliphatic carbocycles. The number of aliphatic hydroxyl groups excluding tert-OH is 4. The Kier molecular flexibility index (Phi) is 7.33. The summed E-state index contributed by atoms with van der Waals surface area (Å²) in [5, 5.41) is 62.7. The van der Waals surface area contributed by atoms with Gasteiger partial charge in [-0.25, -0.2) is 4.79 Å². The summed E-state index contributed by atoms with van der Waals surface area (Å²) in [7, 11) is 0. The van der Waals surface area contributed by atoms with Crippen LogP contribution in [0.2, 0.25) is 0 Å². The van der Waals surface area contributed by atoms with Crippen LogP contribution in [0.3, 0.4) is 0 Å². The normalized spacial score (nSPS) is 31.7. The third kappa shape index (κ3) is 4.92. The van der Waals surface area contributed by atoms with Crippen molar-refractivity contribution in [2.45, 2.75) is 56.5 Å². The molecule has 1 aliphatic rings. The first-order chi connectivity index (χ1) is 13.5. The van der Waals surface area contributed by atoms with Gasteiger partial charge in [-0.3, -0.25) is 4.79 Å². The van der Waals surface area contributed by atoms with E-state index in [0.717, 1.165) is 12.5 Å². The van der Waals surface area contributed by atoms with Gasteiger partial charge in [0.25, 0.3) is 5.79 Å². The van der Waals surface area contributed by atoms with Crippen molar-refractivity contribution < 1.29 is 45.0 Å². The highest BCUT2D eigenvalue weighted by molar-refractivity contribution is 5.77. The van der Waals surface area contributed by atoms with Crippen LogP contribution in [0.4, 0.5) is 0 Å². The van der Waals surface area contributed by atoms with E-state index in [2.05, 4.69) is 5.32 Å². The van der Waals surface area contributed by atoms with Crippen molar-refractivity contribution in [1.29, 1.82) is 0 Å². The van der Waals surface area contributed by atoms with Crippen LogP contribution in [0.25, 0.3) is 0 Å². The predicted octanol–water partition coefficient (Wildman–Crippen LogP) is -2.09. The third-order valence-electron chi connectivity index (χ3n) is 5.12. The minimum absolute atomic E-state index is 0.105. The first kappa shape index (κ1) is 23.2. The van der Waals surface area contributed by atoms with Crippen molar-refractivity contribution in [3.8, 4) is 0 Å². The van der Waals surface area contributed by atoms with E-state index in [1.807, 2.05) is 6.92 Å². The molecule has 0 radical (unpaired) electrons. The third-order valence-corrected chi connectivity index (χ3v) is 5.12. The van der Waals surface area contributed by atoms with Gasteiger partial charge in [-0.1, -0.05) is 29.8 Å². The molecule has 29 heavy (non-hydrogen) atoms. The summed E-state index contributed by atoms with van der Waals surface area (Å²) in [6.45, 7) is 2.12. The second kappa shape index (κ2) is 9.16. The zero-order valence-corrected chi connectivity index (χ0v) is 16.1. The molecule has 1 aromatic rings. The van der Waals surface area contributed by atoms with Crippen molar-refractivity contribution in [1.82, 2.24) is 5.32 Å². The number of aliphatic hydroxyl groups is 5. The number of carboxylic acids is 1. The van der Waals surface area contributed by atoms with Gasteiger partial charge < -0.3 is 40.7 Å². The molecule has 7 N–H and O–H groups in total. The monoisotopic (exact) mass is 413 g/mol. The van der Waals surface area contributed by atoms with Crippen LogP contribution >= 0.6 is 0 Å². The van der Waals surface area contributed by atoms with Crippen molar-refractivity contribution in [3.63, 3.8) is 0 Å². The van der Waals surface area contributed by atoms with Crippen LogP contribution < -0.4 is 5.32 Å². The number of amides is 1. The Morgan fingerprint density at radius 3 is 2.31 bits per heavy atom. The molecule has 1 aliphatic heterocycles. The second-order valence-corrected chi connectivity index (χ2v) is 7.34. The molecular weight excluding hydrogens is 386 g/mol. The number of hydrogen-bond acceptors (Lipinski definition) is 8. The van der Waals surface area contributed by atoms with Crippen LogP contribution in [0.5, 0.6) is 0 Å². The van der Waals surface area contributed by atoms with Crippen LogP contribution in [-0.4, -0.2) is 85.4 Å². The van der Waals surface area contributed by atoms with Crippen LogP contribution in [0.15, 0.2) is 24.3 Å². The number of nitrogens with one attached hydrogen (secondary N) is 1. The van der Waals surface area contributed by atoms with Gasteiger partial charge in [-0.05, 0) is 18.9 Å². The maximum absolute atomic E-state index is 11.8. The molecule has 0 aromatic heterocycles. The number of carbonyl (C=O) groups is 2. The molecule has 2 rings (SSSR count). The Balaban J connectivity index is 2.45. The minimum atomic E-state index is -2.92. The molecule has 1 fully saturated rings. The molecule has 1 heterocycles. The molecule has 0 bridgehead atoms. The molecule has 7 atom stereocenters. The Bertz CT molecular complexity index is 725. The van der Waals surface area contributed by atoms with Gasteiger partial charge in [-0.15, -0.1) is 0 Å². The average Bonchev–Trinajstić information content (AvgIpc) is 2.67. The molecule has 1 saturated heterocycles. The quantitative estimate of drug-likeness (QED) is 0.264. The van der Waals surface area contributed by atoms with E-state index in [9.17, 15) is 35.1 Å². The van der Waals surface area contributed by atoms with Crippen LogP contribution in [0, 0.1) is 12.8 Å². The smallest absolute Gasteiger partial charge is 0.364 e. The van der Waals surface area contributed by atoms with Gasteiger partial charge >= 0.3 is 5.97 Å². The maximum atomic E-state index is 11.8. The number of ether oxygens (including phenoxy) is 1. The fraction of sp³-hybridized carbons (Fsp3) is 0.579. The second-order valence-electron chi connectivity index (χ2n) is 7.34. The van der Waals surface area contributed by atoms with Crippen LogP contribution in [-0.2, 0) is 20.7 Å². The molecular formula is C19H27NO9. The first-order valence-corrected chi connectivity index (χ1v) is 9.12.